The summed E-state index contributed by atoms with van der Waals surface area (Å²) in [6.45, 7) is 0.413. The SMILES string of the molecule is O=C(NCc1nc2ccccc2s1)Nc1nccs1. The molecule has 7 heteroatoms. The molecule has 0 bridgehead atoms. The van der Waals surface area contributed by atoms with Gasteiger partial charge in [0.1, 0.15) is 5.01 Å². The van der Waals surface area contributed by atoms with E-state index in [0.29, 0.717) is 11.7 Å². The first-order chi connectivity index (χ1) is 9.31. The summed E-state index contributed by atoms with van der Waals surface area (Å²) in [7, 11) is 0. The molecule has 0 aliphatic heterocycles. The second-order valence-electron chi connectivity index (χ2n) is 3.72. The number of fused-ring (bicyclic) bond motifs is 1. The van der Waals surface area contributed by atoms with Crippen LogP contribution in [-0.2, 0) is 6.54 Å². The Balaban J connectivity index is 1.61. The second kappa shape index (κ2) is 5.33. The van der Waals surface area contributed by atoms with Crippen molar-refractivity contribution in [1.82, 2.24) is 15.3 Å². The number of carbonyl (C=O) groups excluding carboxylic acids is 1. The Morgan fingerprint density at radius 1 is 1.32 bits per heavy atom. The van der Waals surface area contributed by atoms with Gasteiger partial charge in [-0.25, -0.2) is 14.8 Å². The van der Waals surface area contributed by atoms with Crippen molar-refractivity contribution in [1.29, 1.82) is 0 Å². The first kappa shape index (κ1) is 12.1. The molecule has 0 radical (unpaired) electrons. The fourth-order valence-corrected chi connectivity index (χ4v) is 3.01. The third-order valence-electron chi connectivity index (χ3n) is 2.39. The number of urea groups is 1. The first-order valence-electron chi connectivity index (χ1n) is 5.60. The summed E-state index contributed by atoms with van der Waals surface area (Å²) in [5, 5.41) is 8.70. The van der Waals surface area contributed by atoms with E-state index in [9.17, 15) is 4.79 Å². The number of rotatable bonds is 3. The lowest BCUT2D eigenvalue weighted by atomic mass is 10.3. The maximum atomic E-state index is 11.6. The topological polar surface area (TPSA) is 66.9 Å². The Morgan fingerprint density at radius 3 is 3.00 bits per heavy atom. The van der Waals surface area contributed by atoms with Gasteiger partial charge in [-0.2, -0.15) is 0 Å². The molecule has 3 aromatic rings. The predicted molar refractivity (Wildman–Crippen MR) is 77.6 cm³/mol. The quantitative estimate of drug-likeness (QED) is 0.779. The largest absolute Gasteiger partial charge is 0.331 e. The summed E-state index contributed by atoms with van der Waals surface area (Å²) in [5.41, 5.74) is 0.963. The number of benzene rings is 1. The van der Waals surface area contributed by atoms with E-state index in [0.717, 1.165) is 15.2 Å². The van der Waals surface area contributed by atoms with Gasteiger partial charge >= 0.3 is 6.03 Å². The summed E-state index contributed by atoms with van der Waals surface area (Å²) in [5.74, 6) is 0. The van der Waals surface area contributed by atoms with E-state index < -0.39 is 0 Å². The summed E-state index contributed by atoms with van der Waals surface area (Å²) < 4.78 is 1.12. The van der Waals surface area contributed by atoms with Crippen molar-refractivity contribution >= 4 is 44.1 Å². The van der Waals surface area contributed by atoms with Gasteiger partial charge in [0.2, 0.25) is 0 Å². The van der Waals surface area contributed by atoms with Gasteiger partial charge in [-0.05, 0) is 12.1 Å². The van der Waals surface area contributed by atoms with E-state index in [2.05, 4.69) is 20.6 Å². The lowest BCUT2D eigenvalue weighted by Crippen LogP contribution is -2.28. The normalized spacial score (nSPS) is 10.5. The highest BCUT2D eigenvalue weighted by atomic mass is 32.1. The number of hydrogen-bond donors (Lipinski definition) is 2. The molecular formula is C12H10N4OS2. The second-order valence-corrected chi connectivity index (χ2v) is 5.73. The molecule has 0 saturated heterocycles. The number of thiazole rings is 2. The van der Waals surface area contributed by atoms with Gasteiger partial charge in [0.05, 0.1) is 16.8 Å². The standard InChI is InChI=1S/C12H10N4OS2/c17-11(16-12-13-5-6-18-12)14-7-10-15-8-3-1-2-4-9(8)19-10/h1-6H,7H2,(H2,13,14,16,17). The van der Waals surface area contributed by atoms with Crippen molar-refractivity contribution in [3.63, 3.8) is 0 Å². The van der Waals surface area contributed by atoms with Crippen LogP contribution < -0.4 is 10.6 Å². The van der Waals surface area contributed by atoms with Crippen LogP contribution in [0.15, 0.2) is 35.8 Å². The third-order valence-corrected chi connectivity index (χ3v) is 4.12. The Kier molecular flexibility index (Phi) is 3.39. The first-order valence-corrected chi connectivity index (χ1v) is 7.30. The molecule has 1 aromatic carbocycles. The molecule has 5 nitrogen and oxygen atoms in total. The Labute approximate surface area is 117 Å². The van der Waals surface area contributed by atoms with E-state index in [-0.39, 0.29) is 6.03 Å². The van der Waals surface area contributed by atoms with Gasteiger partial charge in [0, 0.05) is 11.6 Å². The molecule has 3 rings (SSSR count). The lowest BCUT2D eigenvalue weighted by Gasteiger charge is -2.02. The van der Waals surface area contributed by atoms with E-state index in [1.54, 1.807) is 17.5 Å². The lowest BCUT2D eigenvalue weighted by molar-refractivity contribution is 0.251. The minimum atomic E-state index is -0.269. The average molecular weight is 290 g/mol. The zero-order valence-corrected chi connectivity index (χ0v) is 11.4. The Bertz CT molecular complexity index is 660. The molecule has 0 atom stereocenters. The van der Waals surface area contributed by atoms with Crippen LogP contribution in [0.3, 0.4) is 0 Å². The number of hydrogen-bond acceptors (Lipinski definition) is 5. The average Bonchev–Trinajstić information content (AvgIpc) is 3.04. The van der Waals surface area contributed by atoms with Crippen LogP contribution in [0.1, 0.15) is 5.01 Å². The van der Waals surface area contributed by atoms with Crippen molar-refractivity contribution in [3.05, 3.63) is 40.8 Å². The molecule has 96 valence electrons. The third kappa shape index (κ3) is 2.88. The molecule has 0 aliphatic rings. The summed E-state index contributed by atoms with van der Waals surface area (Å²) in [4.78, 5) is 20.0. The van der Waals surface area contributed by atoms with Crippen molar-refractivity contribution < 1.29 is 4.79 Å². The molecule has 0 saturated carbocycles. The van der Waals surface area contributed by atoms with E-state index in [1.807, 2.05) is 29.6 Å². The van der Waals surface area contributed by atoms with E-state index >= 15 is 0 Å². The van der Waals surface area contributed by atoms with Gasteiger partial charge in [0.25, 0.3) is 0 Å². The summed E-state index contributed by atoms with van der Waals surface area (Å²) in [6.07, 6.45) is 1.65. The van der Waals surface area contributed by atoms with Crippen LogP contribution in [0, 0.1) is 0 Å². The van der Waals surface area contributed by atoms with E-state index in [1.165, 1.54) is 11.3 Å². The number of aromatic nitrogens is 2. The van der Waals surface area contributed by atoms with Crippen LogP contribution in [0.2, 0.25) is 0 Å². The van der Waals surface area contributed by atoms with Crippen molar-refractivity contribution in [2.45, 2.75) is 6.54 Å². The van der Waals surface area contributed by atoms with Crippen LogP contribution in [-0.4, -0.2) is 16.0 Å². The number of nitrogens with one attached hydrogen (secondary N) is 2. The van der Waals surface area contributed by atoms with Gasteiger partial charge in [0.15, 0.2) is 5.13 Å². The number of nitrogens with zero attached hydrogens (tertiary/aromatic N) is 2. The molecule has 2 amide bonds. The highest BCUT2D eigenvalue weighted by molar-refractivity contribution is 7.18. The Morgan fingerprint density at radius 2 is 2.21 bits per heavy atom. The molecular weight excluding hydrogens is 280 g/mol. The minimum Gasteiger partial charge on any atom is -0.331 e. The monoisotopic (exact) mass is 290 g/mol. The minimum absolute atomic E-state index is 0.269. The number of para-hydroxylation sites is 1. The summed E-state index contributed by atoms with van der Waals surface area (Å²) >= 11 is 2.96. The molecule has 0 fully saturated rings. The fourth-order valence-electron chi connectivity index (χ4n) is 1.58. The van der Waals surface area contributed by atoms with Gasteiger partial charge in [-0.1, -0.05) is 12.1 Å². The van der Waals surface area contributed by atoms with Crippen LogP contribution in [0.5, 0.6) is 0 Å². The van der Waals surface area contributed by atoms with Crippen LogP contribution in [0.4, 0.5) is 9.93 Å². The number of carbonyl (C=O) groups is 1. The molecule has 0 spiro atoms. The maximum Gasteiger partial charge on any atom is 0.321 e. The Hall–Kier alpha value is -1.99. The smallest absolute Gasteiger partial charge is 0.321 e. The van der Waals surface area contributed by atoms with Crippen molar-refractivity contribution in [3.8, 4) is 0 Å². The van der Waals surface area contributed by atoms with Crippen molar-refractivity contribution in [2.75, 3.05) is 5.32 Å². The zero-order chi connectivity index (χ0) is 13.1. The van der Waals surface area contributed by atoms with Crippen LogP contribution >= 0.6 is 22.7 Å². The molecule has 19 heavy (non-hydrogen) atoms. The highest BCUT2D eigenvalue weighted by Crippen LogP contribution is 2.21. The molecule has 2 aromatic heterocycles. The number of anilines is 1. The van der Waals surface area contributed by atoms with Crippen LogP contribution in [0.25, 0.3) is 10.2 Å². The van der Waals surface area contributed by atoms with E-state index in [4.69, 9.17) is 0 Å². The van der Waals surface area contributed by atoms with Gasteiger partial charge < -0.3 is 5.32 Å². The molecule has 2 heterocycles. The highest BCUT2D eigenvalue weighted by Gasteiger charge is 2.06. The van der Waals surface area contributed by atoms with Gasteiger partial charge in [-0.3, -0.25) is 5.32 Å². The zero-order valence-electron chi connectivity index (χ0n) is 9.79. The summed E-state index contributed by atoms with van der Waals surface area (Å²) in [6, 6.07) is 7.65. The predicted octanol–water partition coefficient (Wildman–Crippen LogP) is 3.07. The van der Waals surface area contributed by atoms with Gasteiger partial charge in [-0.15, -0.1) is 22.7 Å². The molecule has 2 N–H and O–H groups in total. The van der Waals surface area contributed by atoms with Crippen molar-refractivity contribution in [2.24, 2.45) is 0 Å². The maximum absolute atomic E-state index is 11.6. The fraction of sp³-hybridized carbons (Fsp3) is 0.0833. The molecule has 0 unspecified atom stereocenters. The molecule has 0 aliphatic carbocycles. The number of amides is 2.